The molecule has 2 heterocycles. The average molecular weight is 458 g/mol. The quantitative estimate of drug-likeness (QED) is 0.360. The fourth-order valence-electron chi connectivity index (χ4n) is 2.97. The number of carbonyl (C=O) groups is 3. The number of benzene rings is 1. The predicted molar refractivity (Wildman–Crippen MR) is 117 cm³/mol. The Bertz CT molecular complexity index is 1100. The molecule has 2 aromatic heterocycles. The third-order valence-electron chi connectivity index (χ3n) is 4.65. The number of methoxy groups -OCH3 is 1. The Morgan fingerprint density at radius 2 is 1.97 bits per heavy atom. The number of nitrogens with two attached hydrogens (primary N) is 1. The summed E-state index contributed by atoms with van der Waals surface area (Å²) in [5.74, 6) is 0.107. The van der Waals surface area contributed by atoms with Crippen LogP contribution >= 0.6 is 11.8 Å². The number of aryl methyl sites for hydroxylation is 1. The Kier molecular flexibility index (Phi) is 7.66. The van der Waals surface area contributed by atoms with E-state index in [0.717, 1.165) is 0 Å². The predicted octanol–water partition coefficient (Wildman–Crippen LogP) is 1.88. The van der Waals surface area contributed by atoms with Crippen LogP contribution in [0.15, 0.2) is 52.2 Å². The molecule has 0 aliphatic heterocycles. The first-order valence-electron chi connectivity index (χ1n) is 9.70. The van der Waals surface area contributed by atoms with E-state index in [-0.39, 0.29) is 18.1 Å². The third kappa shape index (κ3) is 5.55. The highest BCUT2D eigenvalue weighted by Crippen LogP contribution is 2.24. The summed E-state index contributed by atoms with van der Waals surface area (Å²) in [4.78, 5) is 37.5. The zero-order chi connectivity index (χ0) is 23.1. The fraction of sp³-hybridized carbons (Fsp3) is 0.286. The summed E-state index contributed by atoms with van der Waals surface area (Å²) in [5, 5.41) is 8.83. The molecule has 0 spiro atoms. The zero-order valence-electron chi connectivity index (χ0n) is 17.7. The van der Waals surface area contributed by atoms with E-state index >= 15 is 0 Å². The van der Waals surface area contributed by atoms with Gasteiger partial charge in [0.2, 0.25) is 11.8 Å². The second-order valence-electron chi connectivity index (χ2n) is 6.78. The van der Waals surface area contributed by atoms with Gasteiger partial charge in [-0.25, -0.2) is 4.79 Å². The van der Waals surface area contributed by atoms with E-state index in [1.165, 1.54) is 23.8 Å². The van der Waals surface area contributed by atoms with Crippen LogP contribution in [0.5, 0.6) is 0 Å². The number of esters is 1. The Labute approximate surface area is 188 Å². The fourth-order valence-corrected chi connectivity index (χ4v) is 3.84. The number of para-hydroxylation sites is 1. The highest BCUT2D eigenvalue weighted by Gasteiger charge is 2.21. The second-order valence-corrected chi connectivity index (χ2v) is 7.72. The molecule has 3 rings (SSSR count). The number of primary amides is 1. The molecule has 0 aliphatic carbocycles. The minimum Gasteiger partial charge on any atom is -0.467 e. The van der Waals surface area contributed by atoms with Crippen molar-refractivity contribution in [1.29, 1.82) is 0 Å². The number of rotatable bonds is 10. The van der Waals surface area contributed by atoms with Crippen molar-refractivity contribution in [3.05, 3.63) is 59.8 Å². The molecule has 2 amide bonds. The number of aromatic nitrogens is 3. The minimum atomic E-state index is -0.523. The summed E-state index contributed by atoms with van der Waals surface area (Å²) >= 11 is 1.20. The van der Waals surface area contributed by atoms with Crippen LogP contribution in [-0.4, -0.2) is 52.5 Å². The van der Waals surface area contributed by atoms with Crippen LogP contribution in [0.3, 0.4) is 0 Å². The number of ether oxygens (including phenoxy) is 1. The Hall–Kier alpha value is -3.60. The highest BCUT2D eigenvalue weighted by molar-refractivity contribution is 7.99. The van der Waals surface area contributed by atoms with E-state index < -0.39 is 11.9 Å². The van der Waals surface area contributed by atoms with Crippen LogP contribution in [0.2, 0.25) is 0 Å². The molecule has 0 unspecified atom stereocenters. The summed E-state index contributed by atoms with van der Waals surface area (Å²) in [5.41, 5.74) is 6.01. The van der Waals surface area contributed by atoms with Crippen LogP contribution in [0, 0.1) is 0 Å². The SMILES string of the molecule is COC(=O)c1ccccc1N(C)C(=O)CSc1nnc(CCC(N)=O)n1Cc1ccco1. The maximum Gasteiger partial charge on any atom is 0.339 e. The van der Waals surface area contributed by atoms with Gasteiger partial charge in [-0.05, 0) is 24.3 Å². The number of carbonyl (C=O) groups excluding carboxylic acids is 3. The number of furan rings is 1. The lowest BCUT2D eigenvalue weighted by Crippen LogP contribution is -2.29. The number of hydrogen-bond acceptors (Lipinski definition) is 8. The number of anilines is 1. The molecule has 0 radical (unpaired) electrons. The standard InChI is InChI=1S/C21H23N5O5S/c1-25(16-8-4-3-7-15(16)20(29)30-2)19(28)13-32-21-24-23-18(10-9-17(22)27)26(21)12-14-6-5-11-31-14/h3-8,11H,9-10,12-13H2,1-2H3,(H2,22,27). The van der Waals surface area contributed by atoms with Crippen molar-refractivity contribution >= 4 is 35.2 Å². The lowest BCUT2D eigenvalue weighted by Gasteiger charge is -2.19. The molecule has 0 fully saturated rings. The summed E-state index contributed by atoms with van der Waals surface area (Å²) in [6, 6.07) is 10.3. The van der Waals surface area contributed by atoms with Gasteiger partial charge in [-0.2, -0.15) is 0 Å². The normalized spacial score (nSPS) is 10.7. The first-order valence-corrected chi connectivity index (χ1v) is 10.7. The topological polar surface area (TPSA) is 134 Å². The molecule has 10 nitrogen and oxygen atoms in total. The maximum absolute atomic E-state index is 12.8. The van der Waals surface area contributed by atoms with Crippen LogP contribution in [0.4, 0.5) is 5.69 Å². The first kappa shape index (κ1) is 23.1. The van der Waals surface area contributed by atoms with Crippen molar-refractivity contribution in [2.75, 3.05) is 24.8 Å². The van der Waals surface area contributed by atoms with Crippen molar-refractivity contribution in [3.8, 4) is 0 Å². The molecule has 0 aliphatic rings. The van der Waals surface area contributed by atoms with Gasteiger partial charge in [0.15, 0.2) is 5.16 Å². The van der Waals surface area contributed by atoms with Gasteiger partial charge in [0, 0.05) is 19.9 Å². The summed E-state index contributed by atoms with van der Waals surface area (Å²) in [6.07, 6.45) is 2.02. The summed E-state index contributed by atoms with van der Waals surface area (Å²) in [7, 11) is 2.88. The van der Waals surface area contributed by atoms with Gasteiger partial charge in [-0.3, -0.25) is 14.2 Å². The number of thioether (sulfide) groups is 1. The van der Waals surface area contributed by atoms with E-state index in [9.17, 15) is 14.4 Å². The van der Waals surface area contributed by atoms with E-state index in [4.69, 9.17) is 14.9 Å². The molecular formula is C21H23N5O5S. The monoisotopic (exact) mass is 457 g/mol. The lowest BCUT2D eigenvalue weighted by molar-refractivity contribution is -0.118. The molecule has 0 saturated carbocycles. The van der Waals surface area contributed by atoms with E-state index in [1.54, 1.807) is 48.2 Å². The number of hydrogen-bond donors (Lipinski definition) is 1. The second kappa shape index (κ2) is 10.6. The van der Waals surface area contributed by atoms with Crippen molar-refractivity contribution < 1.29 is 23.5 Å². The lowest BCUT2D eigenvalue weighted by atomic mass is 10.1. The molecule has 168 valence electrons. The van der Waals surface area contributed by atoms with Gasteiger partial charge in [0.05, 0.1) is 36.9 Å². The van der Waals surface area contributed by atoms with Crippen LogP contribution in [-0.2, 0) is 27.3 Å². The molecule has 32 heavy (non-hydrogen) atoms. The Morgan fingerprint density at radius 1 is 1.19 bits per heavy atom. The van der Waals surface area contributed by atoms with Gasteiger partial charge >= 0.3 is 5.97 Å². The largest absolute Gasteiger partial charge is 0.467 e. The molecule has 0 atom stereocenters. The molecule has 2 N–H and O–H groups in total. The Balaban J connectivity index is 1.75. The van der Waals surface area contributed by atoms with Crippen molar-refractivity contribution in [1.82, 2.24) is 14.8 Å². The van der Waals surface area contributed by atoms with Gasteiger partial charge < -0.3 is 19.8 Å². The zero-order valence-corrected chi connectivity index (χ0v) is 18.5. The van der Waals surface area contributed by atoms with Crippen molar-refractivity contribution in [3.63, 3.8) is 0 Å². The molecular weight excluding hydrogens is 434 g/mol. The average Bonchev–Trinajstić information content (AvgIpc) is 3.45. The highest BCUT2D eigenvalue weighted by atomic mass is 32.2. The molecule has 0 saturated heterocycles. The van der Waals surface area contributed by atoms with Crippen LogP contribution < -0.4 is 10.6 Å². The van der Waals surface area contributed by atoms with Gasteiger partial charge in [-0.15, -0.1) is 10.2 Å². The number of amides is 2. The molecule has 1 aromatic carbocycles. The summed E-state index contributed by atoms with van der Waals surface area (Å²) in [6.45, 7) is 0.353. The van der Waals surface area contributed by atoms with E-state index in [0.29, 0.717) is 41.0 Å². The van der Waals surface area contributed by atoms with E-state index in [1.807, 2.05) is 6.07 Å². The maximum atomic E-state index is 12.8. The molecule has 3 aromatic rings. The summed E-state index contributed by atoms with van der Waals surface area (Å²) < 4.78 is 12.0. The Morgan fingerprint density at radius 3 is 2.66 bits per heavy atom. The van der Waals surface area contributed by atoms with Gasteiger partial charge in [-0.1, -0.05) is 23.9 Å². The van der Waals surface area contributed by atoms with Crippen molar-refractivity contribution in [2.24, 2.45) is 5.73 Å². The van der Waals surface area contributed by atoms with Crippen molar-refractivity contribution in [2.45, 2.75) is 24.5 Å². The van der Waals surface area contributed by atoms with Crippen LogP contribution in [0.25, 0.3) is 0 Å². The van der Waals surface area contributed by atoms with Gasteiger partial charge in [0.1, 0.15) is 11.6 Å². The van der Waals surface area contributed by atoms with E-state index in [2.05, 4.69) is 10.2 Å². The molecule has 0 bridgehead atoms. The van der Waals surface area contributed by atoms with Gasteiger partial charge in [0.25, 0.3) is 0 Å². The number of nitrogens with zero attached hydrogens (tertiary/aromatic N) is 4. The molecule has 11 heteroatoms. The van der Waals surface area contributed by atoms with Crippen LogP contribution in [0.1, 0.15) is 28.4 Å². The minimum absolute atomic E-state index is 0.0537. The third-order valence-corrected chi connectivity index (χ3v) is 5.60. The first-order chi connectivity index (χ1) is 15.4. The smallest absolute Gasteiger partial charge is 0.339 e.